The number of benzene rings is 1. The Kier molecular flexibility index (Phi) is 5.45. The van der Waals surface area contributed by atoms with Crippen molar-refractivity contribution < 1.29 is 14.4 Å². The van der Waals surface area contributed by atoms with Crippen LogP contribution in [0, 0.1) is 13.8 Å². The van der Waals surface area contributed by atoms with Crippen molar-refractivity contribution in [2.24, 2.45) is 0 Å². The number of carbonyl (C=O) groups excluding carboxylic acids is 3. The van der Waals surface area contributed by atoms with Gasteiger partial charge in [-0.1, -0.05) is 23.8 Å². The number of aryl methyl sites for hydroxylation is 2. The molecule has 0 aliphatic carbocycles. The van der Waals surface area contributed by atoms with Gasteiger partial charge in [0.15, 0.2) is 0 Å². The third-order valence-corrected chi connectivity index (χ3v) is 5.58. The number of rotatable bonds is 5. The molecule has 1 atom stereocenters. The first-order valence-electron chi connectivity index (χ1n) is 9.69. The number of likely N-dealkylation sites (N-methyl/N-ethyl adjacent to an activating group) is 2. The van der Waals surface area contributed by atoms with Gasteiger partial charge in [-0.2, -0.15) is 0 Å². The van der Waals surface area contributed by atoms with E-state index in [4.69, 9.17) is 0 Å². The van der Waals surface area contributed by atoms with E-state index in [1.807, 2.05) is 45.9 Å². The number of nitrogens with zero attached hydrogens (tertiary/aromatic N) is 3. The first-order valence-corrected chi connectivity index (χ1v) is 9.69. The van der Waals surface area contributed by atoms with Crippen molar-refractivity contribution in [2.75, 3.05) is 33.2 Å². The first-order chi connectivity index (χ1) is 13.3. The van der Waals surface area contributed by atoms with Crippen LogP contribution in [0.2, 0.25) is 0 Å². The van der Waals surface area contributed by atoms with E-state index in [1.54, 1.807) is 21.7 Å². The van der Waals surface area contributed by atoms with Crippen molar-refractivity contribution in [1.82, 2.24) is 20.0 Å². The van der Waals surface area contributed by atoms with Gasteiger partial charge in [0.25, 0.3) is 5.91 Å². The molecule has 7 heteroatoms. The maximum atomic E-state index is 13.2. The Morgan fingerprint density at radius 2 is 1.96 bits per heavy atom. The molecule has 1 aromatic rings. The molecule has 28 heavy (non-hydrogen) atoms. The summed E-state index contributed by atoms with van der Waals surface area (Å²) in [6.07, 6.45) is 0. The molecule has 4 amide bonds. The fourth-order valence-corrected chi connectivity index (χ4v) is 3.85. The molecule has 7 nitrogen and oxygen atoms in total. The highest BCUT2D eigenvalue weighted by molar-refractivity contribution is 6.03. The lowest BCUT2D eigenvalue weighted by molar-refractivity contribution is -0.136. The molecule has 150 valence electrons. The van der Waals surface area contributed by atoms with E-state index in [-0.39, 0.29) is 30.9 Å². The fourth-order valence-electron chi connectivity index (χ4n) is 3.85. The third kappa shape index (κ3) is 3.37. The average Bonchev–Trinajstić information content (AvgIpc) is 2.96. The van der Waals surface area contributed by atoms with Crippen LogP contribution < -0.4 is 5.32 Å². The largest absolute Gasteiger partial charge is 0.345 e. The highest BCUT2D eigenvalue weighted by Gasteiger charge is 2.44. The average molecular weight is 384 g/mol. The Hall–Kier alpha value is -2.83. The molecule has 0 bridgehead atoms. The van der Waals surface area contributed by atoms with Crippen molar-refractivity contribution >= 4 is 17.8 Å². The molecule has 2 aliphatic heterocycles. The molecular weight excluding hydrogens is 356 g/mol. The Labute approximate surface area is 166 Å². The van der Waals surface area contributed by atoms with Crippen LogP contribution in [0.15, 0.2) is 29.5 Å². The second-order valence-corrected chi connectivity index (χ2v) is 7.42. The van der Waals surface area contributed by atoms with Gasteiger partial charge in [0, 0.05) is 20.1 Å². The van der Waals surface area contributed by atoms with E-state index in [0.717, 1.165) is 16.7 Å². The van der Waals surface area contributed by atoms with Gasteiger partial charge in [0.1, 0.15) is 6.54 Å². The SMILES string of the molecule is CCN(C)C(=O)CN1CC2=C(C1=O)[C@H](c1ccc(C)cc1C)NC(=O)N2CC. The molecule has 0 saturated carbocycles. The van der Waals surface area contributed by atoms with Crippen LogP contribution in [0.3, 0.4) is 0 Å². The van der Waals surface area contributed by atoms with Crippen LogP contribution in [-0.4, -0.2) is 65.8 Å². The van der Waals surface area contributed by atoms with E-state index in [1.165, 1.54) is 0 Å². The zero-order valence-electron chi connectivity index (χ0n) is 17.2. The van der Waals surface area contributed by atoms with E-state index in [0.29, 0.717) is 24.4 Å². The highest BCUT2D eigenvalue weighted by Crippen LogP contribution is 2.37. The third-order valence-electron chi connectivity index (χ3n) is 5.58. The van der Waals surface area contributed by atoms with Crippen molar-refractivity contribution in [1.29, 1.82) is 0 Å². The van der Waals surface area contributed by atoms with Crippen LogP contribution in [0.1, 0.15) is 36.6 Å². The molecule has 0 aromatic heterocycles. The summed E-state index contributed by atoms with van der Waals surface area (Å²) in [5.74, 6) is -0.294. The molecule has 0 saturated heterocycles. The zero-order valence-corrected chi connectivity index (χ0v) is 17.2. The van der Waals surface area contributed by atoms with Crippen LogP contribution >= 0.6 is 0 Å². The topological polar surface area (TPSA) is 73.0 Å². The minimum absolute atomic E-state index is 0.0154. The highest BCUT2D eigenvalue weighted by atomic mass is 16.2. The number of urea groups is 1. The fraction of sp³-hybridized carbons (Fsp3) is 0.476. The van der Waals surface area contributed by atoms with Gasteiger partial charge in [-0.15, -0.1) is 0 Å². The second kappa shape index (κ2) is 7.66. The first kappa shape index (κ1) is 19.9. The van der Waals surface area contributed by atoms with Gasteiger partial charge >= 0.3 is 6.03 Å². The van der Waals surface area contributed by atoms with Crippen molar-refractivity contribution in [3.05, 3.63) is 46.2 Å². The minimum Gasteiger partial charge on any atom is -0.345 e. The summed E-state index contributed by atoms with van der Waals surface area (Å²) in [4.78, 5) is 43.0. The van der Waals surface area contributed by atoms with Gasteiger partial charge in [-0.25, -0.2) is 4.79 Å². The van der Waals surface area contributed by atoms with E-state index in [9.17, 15) is 14.4 Å². The summed E-state index contributed by atoms with van der Waals surface area (Å²) in [5.41, 5.74) is 4.33. The zero-order chi connectivity index (χ0) is 20.6. The maximum absolute atomic E-state index is 13.2. The van der Waals surface area contributed by atoms with Gasteiger partial charge in [0.2, 0.25) is 5.91 Å². The Morgan fingerprint density at radius 1 is 1.25 bits per heavy atom. The van der Waals surface area contributed by atoms with E-state index in [2.05, 4.69) is 5.32 Å². The molecule has 2 heterocycles. The Bertz CT molecular complexity index is 861. The number of amides is 4. The number of hydrogen-bond acceptors (Lipinski definition) is 3. The number of nitrogens with one attached hydrogen (secondary N) is 1. The van der Waals surface area contributed by atoms with Gasteiger partial charge < -0.3 is 15.1 Å². The molecule has 0 radical (unpaired) electrons. The van der Waals surface area contributed by atoms with Crippen molar-refractivity contribution in [3.63, 3.8) is 0 Å². The van der Waals surface area contributed by atoms with Gasteiger partial charge in [-0.05, 0) is 38.8 Å². The monoisotopic (exact) mass is 384 g/mol. The Morgan fingerprint density at radius 3 is 2.57 bits per heavy atom. The molecule has 0 unspecified atom stereocenters. The summed E-state index contributed by atoms with van der Waals surface area (Å²) in [5, 5.41) is 2.99. The molecule has 2 aliphatic rings. The quantitative estimate of drug-likeness (QED) is 0.844. The second-order valence-electron chi connectivity index (χ2n) is 7.42. The molecule has 0 fully saturated rings. The van der Waals surface area contributed by atoms with Crippen LogP contribution in [0.4, 0.5) is 4.79 Å². The smallest absolute Gasteiger partial charge is 0.322 e. The van der Waals surface area contributed by atoms with Gasteiger partial charge in [0.05, 0.1) is 23.9 Å². The van der Waals surface area contributed by atoms with Crippen molar-refractivity contribution in [2.45, 2.75) is 33.7 Å². The van der Waals surface area contributed by atoms with E-state index >= 15 is 0 Å². The normalized spacial score (nSPS) is 19.1. The predicted octanol–water partition coefficient (Wildman–Crippen LogP) is 1.96. The molecule has 1 N–H and O–H groups in total. The molecule has 1 aromatic carbocycles. The summed E-state index contributed by atoms with van der Waals surface area (Å²) >= 11 is 0. The predicted molar refractivity (Wildman–Crippen MR) is 106 cm³/mol. The van der Waals surface area contributed by atoms with Crippen molar-refractivity contribution in [3.8, 4) is 0 Å². The minimum atomic E-state index is -0.498. The van der Waals surface area contributed by atoms with Crippen LogP contribution in [0.5, 0.6) is 0 Å². The standard InChI is InChI=1S/C21H28N4O3/c1-6-23(5)17(26)12-24-11-16-18(20(24)27)19(22-21(28)25(16)7-2)15-9-8-13(3)10-14(15)4/h8-10,19H,6-7,11-12H2,1-5H3,(H,22,28)/t19-/m0/s1. The lowest BCUT2D eigenvalue weighted by Crippen LogP contribution is -2.47. The summed E-state index contributed by atoms with van der Waals surface area (Å²) in [6, 6.07) is 5.29. The molecular formula is C21H28N4O3. The van der Waals surface area contributed by atoms with Crippen LogP contribution in [0.25, 0.3) is 0 Å². The molecule has 3 rings (SSSR count). The maximum Gasteiger partial charge on any atom is 0.322 e. The Balaban J connectivity index is 1.98. The van der Waals surface area contributed by atoms with Gasteiger partial charge in [-0.3, -0.25) is 14.5 Å². The molecule has 0 spiro atoms. The van der Waals surface area contributed by atoms with E-state index < -0.39 is 6.04 Å². The number of hydrogen-bond donors (Lipinski definition) is 1. The lowest BCUT2D eigenvalue weighted by Gasteiger charge is -2.33. The van der Waals surface area contributed by atoms with Crippen LogP contribution in [-0.2, 0) is 9.59 Å². The summed E-state index contributed by atoms with van der Waals surface area (Å²) in [7, 11) is 1.72. The summed E-state index contributed by atoms with van der Waals surface area (Å²) in [6.45, 7) is 9.11. The number of carbonyl (C=O) groups is 3. The lowest BCUT2D eigenvalue weighted by atomic mass is 9.91. The summed E-state index contributed by atoms with van der Waals surface area (Å²) < 4.78 is 0.